The van der Waals surface area contributed by atoms with Crippen molar-refractivity contribution in [1.29, 1.82) is 0 Å². The summed E-state index contributed by atoms with van der Waals surface area (Å²) < 4.78 is 5.25. The highest BCUT2D eigenvalue weighted by Crippen LogP contribution is 2.19. The fourth-order valence-electron chi connectivity index (χ4n) is 0.507. The van der Waals surface area contributed by atoms with Crippen LogP contribution in [0.5, 0.6) is 0 Å². The molecule has 0 aliphatic heterocycles. The number of hydrogen-bond donors (Lipinski definition) is 0. The van der Waals surface area contributed by atoms with Gasteiger partial charge in [0, 0.05) is 6.42 Å². The minimum atomic E-state index is 0.919. The van der Waals surface area contributed by atoms with Crippen LogP contribution >= 0.6 is 0 Å². The highest BCUT2D eigenvalue weighted by molar-refractivity contribution is 5.13. The molecule has 0 atom stereocenters. The molecule has 0 aromatic heterocycles. The van der Waals surface area contributed by atoms with Gasteiger partial charge in [0.15, 0.2) is 0 Å². The van der Waals surface area contributed by atoms with Gasteiger partial charge in [-0.05, 0) is 12.5 Å². The van der Waals surface area contributed by atoms with Crippen molar-refractivity contribution < 1.29 is 4.74 Å². The molecule has 0 spiro atoms. The van der Waals surface area contributed by atoms with E-state index in [1.165, 1.54) is 18.6 Å². The van der Waals surface area contributed by atoms with Crippen LogP contribution in [0.4, 0.5) is 0 Å². The first-order valence-electron chi connectivity index (χ1n) is 3.25. The number of allylic oxidation sites excluding steroid dienone is 2. The lowest BCUT2D eigenvalue weighted by Gasteiger charge is -1.96. The van der Waals surface area contributed by atoms with Gasteiger partial charge in [-0.2, -0.15) is 0 Å². The van der Waals surface area contributed by atoms with Crippen molar-refractivity contribution in [3.8, 4) is 0 Å². The maximum Gasteiger partial charge on any atom is 0.0963 e. The molecule has 1 aliphatic rings. The summed E-state index contributed by atoms with van der Waals surface area (Å²) in [5.74, 6) is 1.19. The Kier molecular flexibility index (Phi) is 1.95. The number of unbranched alkanes of at least 4 members (excludes halogenated alkanes) is 1. The molecule has 0 radical (unpaired) electrons. The highest BCUT2D eigenvalue weighted by Gasteiger charge is 2.06. The van der Waals surface area contributed by atoms with Crippen LogP contribution < -0.4 is 0 Å². The van der Waals surface area contributed by atoms with Crippen molar-refractivity contribution in [1.82, 2.24) is 0 Å². The van der Waals surface area contributed by atoms with Gasteiger partial charge in [-0.1, -0.05) is 13.3 Å². The molecule has 1 aliphatic carbocycles. The third-order valence-electron chi connectivity index (χ3n) is 1.16. The van der Waals surface area contributed by atoms with Crippen LogP contribution in [0.15, 0.2) is 11.8 Å². The van der Waals surface area contributed by atoms with E-state index in [0.29, 0.717) is 0 Å². The third kappa shape index (κ3) is 2.01. The van der Waals surface area contributed by atoms with Gasteiger partial charge < -0.3 is 4.74 Å². The molecule has 0 aromatic rings. The topological polar surface area (TPSA) is 9.23 Å². The summed E-state index contributed by atoms with van der Waals surface area (Å²) >= 11 is 0. The molecule has 1 heteroatoms. The van der Waals surface area contributed by atoms with Gasteiger partial charge in [-0.25, -0.2) is 0 Å². The van der Waals surface area contributed by atoms with E-state index in [9.17, 15) is 0 Å². The summed E-state index contributed by atoms with van der Waals surface area (Å²) in [7, 11) is 0. The summed E-state index contributed by atoms with van der Waals surface area (Å²) in [5, 5.41) is 0. The van der Waals surface area contributed by atoms with Crippen molar-refractivity contribution in [2.75, 3.05) is 6.61 Å². The Bertz CT molecular complexity index is 94.6. The molecule has 0 saturated carbocycles. The Morgan fingerprint density at radius 3 is 3.00 bits per heavy atom. The molecule has 0 unspecified atom stereocenters. The Labute approximate surface area is 50.3 Å². The van der Waals surface area contributed by atoms with Gasteiger partial charge in [0.2, 0.25) is 0 Å². The highest BCUT2D eigenvalue weighted by atomic mass is 16.5. The molecule has 1 rings (SSSR count). The third-order valence-corrected chi connectivity index (χ3v) is 1.16. The van der Waals surface area contributed by atoms with Crippen molar-refractivity contribution in [3.63, 3.8) is 0 Å². The molecule has 0 bridgehead atoms. The smallest absolute Gasteiger partial charge is 0.0963 e. The molecule has 0 saturated heterocycles. The summed E-state index contributed by atoms with van der Waals surface area (Å²) in [6.07, 6.45) is 5.63. The van der Waals surface area contributed by atoms with Crippen LogP contribution in [0.25, 0.3) is 0 Å². The first-order valence-corrected chi connectivity index (χ1v) is 3.25. The second-order valence-electron chi connectivity index (χ2n) is 2.08. The second kappa shape index (κ2) is 2.75. The first kappa shape index (κ1) is 5.67. The van der Waals surface area contributed by atoms with Gasteiger partial charge in [0.25, 0.3) is 0 Å². The molecule has 8 heavy (non-hydrogen) atoms. The van der Waals surface area contributed by atoms with Crippen LogP contribution in [0.1, 0.15) is 26.2 Å². The normalized spacial score (nSPS) is 15.4. The van der Waals surface area contributed by atoms with E-state index in [1.54, 1.807) is 0 Å². The number of hydrogen-bond acceptors (Lipinski definition) is 1. The molecule has 1 nitrogen and oxygen atoms in total. The Morgan fingerprint density at radius 2 is 2.50 bits per heavy atom. The lowest BCUT2D eigenvalue weighted by molar-refractivity contribution is 0.221. The lowest BCUT2D eigenvalue weighted by atomic mass is 10.4. The molecular formula is C7H12O. The van der Waals surface area contributed by atoms with Crippen LogP contribution in [0, 0.1) is 0 Å². The van der Waals surface area contributed by atoms with E-state index < -0.39 is 0 Å². The first-order chi connectivity index (χ1) is 3.93. The zero-order valence-electron chi connectivity index (χ0n) is 5.31. The van der Waals surface area contributed by atoms with Crippen molar-refractivity contribution >= 4 is 0 Å². The van der Waals surface area contributed by atoms with E-state index in [0.717, 1.165) is 13.0 Å². The van der Waals surface area contributed by atoms with Crippen LogP contribution in [0.3, 0.4) is 0 Å². The van der Waals surface area contributed by atoms with Gasteiger partial charge in [0.1, 0.15) is 0 Å². The molecule has 46 valence electrons. The van der Waals surface area contributed by atoms with Gasteiger partial charge in [-0.15, -0.1) is 0 Å². The predicted molar refractivity (Wildman–Crippen MR) is 33.6 cm³/mol. The standard InChI is InChI=1S/C7H12O/c1-2-3-6-8-7-4-5-7/h4H,2-3,5-6H2,1H3. The Balaban J connectivity index is 1.81. The largest absolute Gasteiger partial charge is 0.498 e. The molecule has 0 fully saturated rings. The maximum absolute atomic E-state index is 5.25. The van der Waals surface area contributed by atoms with Gasteiger partial charge in [0.05, 0.1) is 12.4 Å². The zero-order chi connectivity index (χ0) is 5.82. The van der Waals surface area contributed by atoms with E-state index in [1.807, 2.05) is 0 Å². The summed E-state index contributed by atoms with van der Waals surface area (Å²) in [4.78, 5) is 0. The quantitative estimate of drug-likeness (QED) is 0.506. The molecule has 0 heterocycles. The SMILES string of the molecule is CCCCOC1=CC1. The van der Waals surface area contributed by atoms with Crippen LogP contribution in [-0.2, 0) is 4.74 Å². The van der Waals surface area contributed by atoms with Crippen LogP contribution in [0.2, 0.25) is 0 Å². The van der Waals surface area contributed by atoms with Gasteiger partial charge in [-0.3, -0.25) is 0 Å². The average molecular weight is 112 g/mol. The second-order valence-corrected chi connectivity index (χ2v) is 2.08. The van der Waals surface area contributed by atoms with E-state index in [4.69, 9.17) is 4.74 Å². The molecule has 0 aromatic carbocycles. The predicted octanol–water partition coefficient (Wildman–Crippen LogP) is 2.09. The fraction of sp³-hybridized carbons (Fsp3) is 0.714. The van der Waals surface area contributed by atoms with Crippen LogP contribution in [-0.4, -0.2) is 6.61 Å². The van der Waals surface area contributed by atoms with Crippen molar-refractivity contribution in [3.05, 3.63) is 11.8 Å². The van der Waals surface area contributed by atoms with Gasteiger partial charge >= 0.3 is 0 Å². The summed E-state index contributed by atoms with van der Waals surface area (Å²) in [6.45, 7) is 3.09. The minimum Gasteiger partial charge on any atom is -0.498 e. The summed E-state index contributed by atoms with van der Waals surface area (Å²) in [6, 6.07) is 0. The van der Waals surface area contributed by atoms with E-state index in [-0.39, 0.29) is 0 Å². The van der Waals surface area contributed by atoms with Crippen molar-refractivity contribution in [2.24, 2.45) is 0 Å². The fourth-order valence-corrected chi connectivity index (χ4v) is 0.507. The molecular weight excluding hydrogens is 100 g/mol. The Morgan fingerprint density at radius 1 is 1.75 bits per heavy atom. The summed E-state index contributed by atoms with van der Waals surface area (Å²) in [5.41, 5.74) is 0. The Hall–Kier alpha value is -0.460. The number of rotatable bonds is 4. The lowest BCUT2D eigenvalue weighted by Crippen LogP contribution is -1.85. The number of ether oxygens (including phenoxy) is 1. The molecule has 0 N–H and O–H groups in total. The maximum atomic E-state index is 5.25. The minimum absolute atomic E-state index is 0.919. The van der Waals surface area contributed by atoms with E-state index in [2.05, 4.69) is 13.0 Å². The van der Waals surface area contributed by atoms with E-state index >= 15 is 0 Å². The van der Waals surface area contributed by atoms with Crippen molar-refractivity contribution in [2.45, 2.75) is 26.2 Å². The molecule has 0 amide bonds. The zero-order valence-corrected chi connectivity index (χ0v) is 5.31. The monoisotopic (exact) mass is 112 g/mol. The average Bonchev–Trinajstić information content (AvgIpc) is 2.51.